The molecule has 2 nitrogen and oxygen atoms in total. The van der Waals surface area contributed by atoms with E-state index in [1.807, 2.05) is 12.1 Å². The van der Waals surface area contributed by atoms with Crippen LogP contribution in [-0.4, -0.2) is 11.1 Å². The van der Waals surface area contributed by atoms with Crippen molar-refractivity contribution in [1.82, 2.24) is 4.98 Å². The van der Waals surface area contributed by atoms with Crippen molar-refractivity contribution in [3.8, 4) is 5.88 Å². The van der Waals surface area contributed by atoms with Crippen molar-refractivity contribution in [2.75, 3.05) is 0 Å². The van der Waals surface area contributed by atoms with Gasteiger partial charge in [-0.2, -0.15) is 0 Å². The van der Waals surface area contributed by atoms with E-state index in [9.17, 15) is 0 Å². The summed E-state index contributed by atoms with van der Waals surface area (Å²) in [5, 5.41) is 0. The Morgan fingerprint density at radius 3 is 3.00 bits per heavy atom. The number of ether oxygens (including phenoxy) is 1. The third-order valence-electron chi connectivity index (χ3n) is 1.97. The Labute approximate surface area is 90.3 Å². The third kappa shape index (κ3) is 3.54. The smallest absolute Gasteiger partial charge is 0.213 e. The van der Waals surface area contributed by atoms with E-state index in [1.54, 1.807) is 6.20 Å². The molecule has 0 aliphatic carbocycles. The summed E-state index contributed by atoms with van der Waals surface area (Å²) in [7, 11) is 0. The molecule has 0 bridgehead atoms. The van der Waals surface area contributed by atoms with Crippen LogP contribution in [-0.2, 0) is 5.88 Å². The van der Waals surface area contributed by atoms with Crippen LogP contribution < -0.4 is 4.74 Å². The van der Waals surface area contributed by atoms with Gasteiger partial charge in [0.05, 0.1) is 6.10 Å². The molecule has 0 amide bonds. The van der Waals surface area contributed by atoms with Crippen LogP contribution in [0.25, 0.3) is 0 Å². The van der Waals surface area contributed by atoms with Crippen molar-refractivity contribution in [2.45, 2.75) is 38.7 Å². The van der Waals surface area contributed by atoms with Gasteiger partial charge in [0.1, 0.15) is 0 Å². The van der Waals surface area contributed by atoms with E-state index in [4.69, 9.17) is 16.3 Å². The summed E-state index contributed by atoms with van der Waals surface area (Å²) in [6.45, 7) is 4.20. The molecule has 14 heavy (non-hydrogen) atoms. The molecule has 0 radical (unpaired) electrons. The van der Waals surface area contributed by atoms with Crippen LogP contribution in [0.3, 0.4) is 0 Å². The van der Waals surface area contributed by atoms with Gasteiger partial charge in [0.25, 0.3) is 0 Å². The monoisotopic (exact) mass is 213 g/mol. The van der Waals surface area contributed by atoms with Gasteiger partial charge in [-0.15, -0.1) is 11.6 Å². The van der Waals surface area contributed by atoms with Crippen LogP contribution in [0, 0.1) is 0 Å². The van der Waals surface area contributed by atoms with Gasteiger partial charge in [-0.25, -0.2) is 4.98 Å². The molecule has 1 unspecified atom stereocenters. The average Bonchev–Trinajstić information content (AvgIpc) is 2.18. The van der Waals surface area contributed by atoms with Gasteiger partial charge >= 0.3 is 0 Å². The van der Waals surface area contributed by atoms with Crippen LogP contribution in [0.4, 0.5) is 0 Å². The molecule has 1 aromatic heterocycles. The van der Waals surface area contributed by atoms with Crippen molar-refractivity contribution in [3.05, 3.63) is 23.9 Å². The minimum absolute atomic E-state index is 0.220. The van der Waals surface area contributed by atoms with Crippen molar-refractivity contribution >= 4 is 11.6 Å². The first-order valence-electron chi connectivity index (χ1n) is 4.93. The molecule has 3 heteroatoms. The highest BCUT2D eigenvalue weighted by Crippen LogP contribution is 2.14. The number of aromatic nitrogens is 1. The Morgan fingerprint density at radius 1 is 1.57 bits per heavy atom. The second kappa shape index (κ2) is 5.86. The lowest BCUT2D eigenvalue weighted by Gasteiger charge is -2.12. The third-order valence-corrected chi connectivity index (χ3v) is 2.28. The molecule has 0 aliphatic heterocycles. The zero-order valence-corrected chi connectivity index (χ0v) is 9.42. The zero-order chi connectivity index (χ0) is 10.4. The molecular weight excluding hydrogens is 198 g/mol. The Balaban J connectivity index is 2.57. The van der Waals surface area contributed by atoms with Crippen LogP contribution >= 0.6 is 11.6 Å². The summed E-state index contributed by atoms with van der Waals surface area (Å²) in [4.78, 5) is 4.13. The Morgan fingerprint density at radius 2 is 2.36 bits per heavy atom. The fourth-order valence-electron chi connectivity index (χ4n) is 1.27. The largest absolute Gasteiger partial charge is 0.475 e. The van der Waals surface area contributed by atoms with Crippen molar-refractivity contribution in [3.63, 3.8) is 0 Å². The maximum atomic E-state index is 5.71. The standard InChI is InChI=1S/C11H16ClNO/c1-3-4-9(2)14-11-7-10(8-12)5-6-13-11/h5-7,9H,3-4,8H2,1-2H3. The number of nitrogens with zero attached hydrogens (tertiary/aromatic N) is 1. The van der Waals surface area contributed by atoms with E-state index in [1.165, 1.54) is 0 Å². The van der Waals surface area contributed by atoms with Gasteiger partial charge in [-0.05, 0) is 25.0 Å². The SMILES string of the molecule is CCCC(C)Oc1cc(CCl)ccn1. The molecule has 0 aliphatic rings. The van der Waals surface area contributed by atoms with Crippen LogP contribution in [0.15, 0.2) is 18.3 Å². The Hall–Kier alpha value is -0.760. The molecule has 1 heterocycles. The minimum atomic E-state index is 0.220. The molecule has 0 fully saturated rings. The Kier molecular flexibility index (Phi) is 4.74. The van der Waals surface area contributed by atoms with Crippen LogP contribution in [0.2, 0.25) is 0 Å². The number of alkyl halides is 1. The lowest BCUT2D eigenvalue weighted by atomic mass is 10.2. The quantitative estimate of drug-likeness (QED) is 0.700. The lowest BCUT2D eigenvalue weighted by molar-refractivity contribution is 0.201. The molecule has 1 aromatic rings. The lowest BCUT2D eigenvalue weighted by Crippen LogP contribution is -2.11. The van der Waals surface area contributed by atoms with E-state index in [-0.39, 0.29) is 6.10 Å². The number of pyridine rings is 1. The summed E-state index contributed by atoms with van der Waals surface area (Å²) in [6.07, 6.45) is 4.12. The van der Waals surface area contributed by atoms with E-state index >= 15 is 0 Å². The molecule has 0 saturated heterocycles. The molecule has 78 valence electrons. The first kappa shape index (κ1) is 11.3. The fraction of sp³-hybridized carbons (Fsp3) is 0.545. The van der Waals surface area contributed by atoms with Crippen LogP contribution in [0.5, 0.6) is 5.88 Å². The normalized spacial score (nSPS) is 12.5. The first-order valence-corrected chi connectivity index (χ1v) is 5.47. The summed E-state index contributed by atoms with van der Waals surface area (Å²) in [5.41, 5.74) is 1.04. The van der Waals surface area contributed by atoms with E-state index in [2.05, 4.69) is 18.8 Å². The molecular formula is C11H16ClNO. The molecule has 1 rings (SSSR count). The summed E-state index contributed by atoms with van der Waals surface area (Å²) < 4.78 is 5.63. The van der Waals surface area contributed by atoms with Crippen molar-refractivity contribution in [1.29, 1.82) is 0 Å². The van der Waals surface area contributed by atoms with E-state index in [0.29, 0.717) is 11.8 Å². The number of halogens is 1. The average molecular weight is 214 g/mol. The molecule has 0 N–H and O–H groups in total. The second-order valence-electron chi connectivity index (χ2n) is 3.35. The van der Waals surface area contributed by atoms with Gasteiger partial charge in [-0.3, -0.25) is 0 Å². The summed E-state index contributed by atoms with van der Waals surface area (Å²) in [6, 6.07) is 3.78. The van der Waals surface area contributed by atoms with Gasteiger partial charge in [0.2, 0.25) is 5.88 Å². The maximum absolute atomic E-state index is 5.71. The van der Waals surface area contributed by atoms with E-state index in [0.717, 1.165) is 18.4 Å². The van der Waals surface area contributed by atoms with Crippen molar-refractivity contribution in [2.24, 2.45) is 0 Å². The van der Waals surface area contributed by atoms with Gasteiger partial charge in [0.15, 0.2) is 0 Å². The maximum Gasteiger partial charge on any atom is 0.213 e. The number of hydrogen-bond donors (Lipinski definition) is 0. The highest BCUT2D eigenvalue weighted by Gasteiger charge is 2.03. The number of hydrogen-bond acceptors (Lipinski definition) is 2. The number of rotatable bonds is 5. The molecule has 1 atom stereocenters. The van der Waals surface area contributed by atoms with E-state index < -0.39 is 0 Å². The Bertz CT molecular complexity index is 278. The van der Waals surface area contributed by atoms with Gasteiger partial charge in [-0.1, -0.05) is 13.3 Å². The minimum Gasteiger partial charge on any atom is -0.475 e. The van der Waals surface area contributed by atoms with Gasteiger partial charge < -0.3 is 4.74 Å². The molecule has 0 aromatic carbocycles. The topological polar surface area (TPSA) is 22.1 Å². The molecule has 0 saturated carbocycles. The zero-order valence-electron chi connectivity index (χ0n) is 8.66. The fourth-order valence-corrected chi connectivity index (χ4v) is 1.44. The highest BCUT2D eigenvalue weighted by molar-refractivity contribution is 6.17. The predicted molar refractivity (Wildman–Crippen MR) is 58.8 cm³/mol. The second-order valence-corrected chi connectivity index (χ2v) is 3.62. The van der Waals surface area contributed by atoms with Gasteiger partial charge in [0, 0.05) is 18.1 Å². The van der Waals surface area contributed by atoms with Crippen molar-refractivity contribution < 1.29 is 4.74 Å². The highest BCUT2D eigenvalue weighted by atomic mass is 35.5. The molecule has 0 spiro atoms. The summed E-state index contributed by atoms with van der Waals surface area (Å²) >= 11 is 5.71. The summed E-state index contributed by atoms with van der Waals surface area (Å²) in [5.74, 6) is 1.17. The first-order chi connectivity index (χ1) is 6.76. The van der Waals surface area contributed by atoms with Crippen LogP contribution in [0.1, 0.15) is 32.3 Å². The predicted octanol–water partition coefficient (Wildman–Crippen LogP) is 3.39.